The fourth-order valence-electron chi connectivity index (χ4n) is 2.01. The van der Waals surface area contributed by atoms with Crippen LogP contribution in [-0.4, -0.2) is 13.0 Å². The van der Waals surface area contributed by atoms with Gasteiger partial charge in [0.25, 0.3) is 5.91 Å². The van der Waals surface area contributed by atoms with Crippen LogP contribution in [0.15, 0.2) is 49.1 Å². The van der Waals surface area contributed by atoms with Gasteiger partial charge in [0.2, 0.25) is 0 Å². The molecule has 0 heterocycles. The van der Waals surface area contributed by atoms with Gasteiger partial charge in [-0.1, -0.05) is 29.3 Å². The van der Waals surface area contributed by atoms with Crippen LogP contribution < -0.4 is 10.1 Å². The first-order chi connectivity index (χ1) is 10.5. The Bertz CT molecular complexity index is 714. The Morgan fingerprint density at radius 1 is 1.23 bits per heavy atom. The van der Waals surface area contributed by atoms with Crippen LogP contribution >= 0.6 is 23.2 Å². The van der Waals surface area contributed by atoms with E-state index in [4.69, 9.17) is 27.9 Å². The summed E-state index contributed by atoms with van der Waals surface area (Å²) in [6, 6.07) is 10.2. The molecule has 0 saturated heterocycles. The predicted octanol–water partition coefficient (Wildman–Crippen LogP) is 4.98. The van der Waals surface area contributed by atoms with Crippen molar-refractivity contribution in [3.63, 3.8) is 0 Å². The summed E-state index contributed by atoms with van der Waals surface area (Å²) in [5.41, 5.74) is 2.02. The number of amides is 1. The Morgan fingerprint density at radius 2 is 2.00 bits per heavy atom. The lowest BCUT2D eigenvalue weighted by Gasteiger charge is -2.10. The van der Waals surface area contributed by atoms with Crippen LogP contribution in [-0.2, 0) is 6.42 Å². The molecule has 2 aromatic carbocycles. The zero-order chi connectivity index (χ0) is 16.1. The summed E-state index contributed by atoms with van der Waals surface area (Å²) in [7, 11) is 1.59. The normalized spacial score (nSPS) is 10.1. The Hall–Kier alpha value is -1.97. The SMILES string of the molecule is C=CCc1cc(C(=O)Nc2ccc(Cl)c(Cl)c2)ccc1OC. The maximum absolute atomic E-state index is 12.3. The summed E-state index contributed by atoms with van der Waals surface area (Å²) >= 11 is 11.8. The first-order valence-electron chi connectivity index (χ1n) is 6.59. The van der Waals surface area contributed by atoms with Crippen LogP contribution in [0, 0.1) is 0 Å². The van der Waals surface area contributed by atoms with E-state index >= 15 is 0 Å². The maximum Gasteiger partial charge on any atom is 0.255 e. The third-order valence-corrected chi connectivity index (χ3v) is 3.82. The molecule has 0 fully saturated rings. The molecule has 0 bridgehead atoms. The molecule has 22 heavy (non-hydrogen) atoms. The van der Waals surface area contributed by atoms with Crippen LogP contribution in [0.25, 0.3) is 0 Å². The highest BCUT2D eigenvalue weighted by molar-refractivity contribution is 6.42. The Morgan fingerprint density at radius 3 is 2.64 bits per heavy atom. The van der Waals surface area contributed by atoms with E-state index < -0.39 is 0 Å². The quantitative estimate of drug-likeness (QED) is 0.782. The number of ether oxygens (including phenoxy) is 1. The van der Waals surface area contributed by atoms with Crippen molar-refractivity contribution in [1.82, 2.24) is 0 Å². The summed E-state index contributed by atoms with van der Waals surface area (Å²) in [5, 5.41) is 3.62. The number of allylic oxidation sites excluding steroid dienone is 1. The third-order valence-electron chi connectivity index (χ3n) is 3.08. The van der Waals surface area contributed by atoms with Crippen molar-refractivity contribution >= 4 is 34.8 Å². The average molecular weight is 336 g/mol. The Kier molecular flexibility index (Phi) is 5.47. The summed E-state index contributed by atoms with van der Waals surface area (Å²) < 4.78 is 5.27. The van der Waals surface area contributed by atoms with Gasteiger partial charge in [0.15, 0.2) is 0 Å². The third kappa shape index (κ3) is 3.81. The summed E-state index contributed by atoms with van der Waals surface area (Å²) in [5.74, 6) is 0.498. The maximum atomic E-state index is 12.3. The fraction of sp³-hybridized carbons (Fsp3) is 0.118. The highest BCUT2D eigenvalue weighted by atomic mass is 35.5. The number of methoxy groups -OCH3 is 1. The number of benzene rings is 2. The van der Waals surface area contributed by atoms with E-state index in [1.165, 1.54) is 0 Å². The number of rotatable bonds is 5. The fourth-order valence-corrected chi connectivity index (χ4v) is 2.31. The van der Waals surface area contributed by atoms with Crippen molar-refractivity contribution in [2.45, 2.75) is 6.42 Å². The highest BCUT2D eigenvalue weighted by Gasteiger charge is 2.10. The molecule has 0 aromatic heterocycles. The lowest BCUT2D eigenvalue weighted by atomic mass is 10.1. The standard InChI is InChI=1S/C17H15Cl2NO2/c1-3-4-11-9-12(5-8-16(11)22-2)17(21)20-13-6-7-14(18)15(19)10-13/h3,5-10H,1,4H2,2H3,(H,20,21). The smallest absolute Gasteiger partial charge is 0.255 e. The first kappa shape index (κ1) is 16.4. The van der Waals surface area contributed by atoms with Gasteiger partial charge in [-0.05, 0) is 48.4 Å². The molecule has 0 radical (unpaired) electrons. The molecule has 0 spiro atoms. The zero-order valence-corrected chi connectivity index (χ0v) is 13.5. The minimum absolute atomic E-state index is 0.230. The largest absolute Gasteiger partial charge is 0.496 e. The lowest BCUT2D eigenvalue weighted by molar-refractivity contribution is 0.102. The Labute approximate surface area is 139 Å². The second-order valence-corrected chi connectivity index (χ2v) is 5.42. The van der Waals surface area contributed by atoms with Crippen molar-refractivity contribution < 1.29 is 9.53 Å². The van der Waals surface area contributed by atoms with Crippen LogP contribution in [0.5, 0.6) is 5.75 Å². The molecule has 5 heteroatoms. The number of carbonyl (C=O) groups is 1. The van der Waals surface area contributed by atoms with Crippen molar-refractivity contribution in [2.75, 3.05) is 12.4 Å². The predicted molar refractivity (Wildman–Crippen MR) is 91.3 cm³/mol. The van der Waals surface area contributed by atoms with Crippen molar-refractivity contribution in [2.24, 2.45) is 0 Å². The molecule has 3 nitrogen and oxygen atoms in total. The van der Waals surface area contributed by atoms with Crippen LogP contribution in [0.1, 0.15) is 15.9 Å². The second kappa shape index (κ2) is 7.34. The number of anilines is 1. The van der Waals surface area contributed by atoms with E-state index in [-0.39, 0.29) is 5.91 Å². The van der Waals surface area contributed by atoms with Crippen molar-refractivity contribution in [1.29, 1.82) is 0 Å². The van der Waals surface area contributed by atoms with Gasteiger partial charge in [-0.2, -0.15) is 0 Å². The van der Waals surface area contributed by atoms with Crippen LogP contribution in [0.4, 0.5) is 5.69 Å². The van der Waals surface area contributed by atoms with E-state index in [1.807, 2.05) is 0 Å². The van der Waals surface area contributed by atoms with Gasteiger partial charge in [0, 0.05) is 11.3 Å². The molecule has 2 rings (SSSR count). The topological polar surface area (TPSA) is 38.3 Å². The van der Waals surface area contributed by atoms with Gasteiger partial charge in [-0.3, -0.25) is 4.79 Å². The van der Waals surface area contributed by atoms with Gasteiger partial charge >= 0.3 is 0 Å². The number of nitrogens with one attached hydrogen (secondary N) is 1. The van der Waals surface area contributed by atoms with E-state index in [0.29, 0.717) is 27.7 Å². The number of hydrogen-bond acceptors (Lipinski definition) is 2. The minimum Gasteiger partial charge on any atom is -0.496 e. The molecule has 114 valence electrons. The first-order valence-corrected chi connectivity index (χ1v) is 7.35. The Balaban J connectivity index is 2.23. The molecule has 2 aromatic rings. The van der Waals surface area contributed by atoms with Crippen molar-refractivity contribution in [3.8, 4) is 5.75 Å². The van der Waals surface area contributed by atoms with E-state index in [0.717, 1.165) is 11.3 Å². The highest BCUT2D eigenvalue weighted by Crippen LogP contribution is 2.26. The monoisotopic (exact) mass is 335 g/mol. The van der Waals surface area contributed by atoms with E-state index in [9.17, 15) is 4.79 Å². The molecule has 0 unspecified atom stereocenters. The van der Waals surface area contributed by atoms with Crippen LogP contribution in [0.3, 0.4) is 0 Å². The average Bonchev–Trinajstić information content (AvgIpc) is 2.51. The number of hydrogen-bond donors (Lipinski definition) is 1. The molecule has 0 aliphatic rings. The van der Waals surface area contributed by atoms with Gasteiger partial charge in [0.1, 0.15) is 5.75 Å². The molecule has 1 N–H and O–H groups in total. The van der Waals surface area contributed by atoms with E-state index in [1.54, 1.807) is 49.6 Å². The minimum atomic E-state index is -0.230. The van der Waals surface area contributed by atoms with Gasteiger partial charge in [-0.25, -0.2) is 0 Å². The zero-order valence-electron chi connectivity index (χ0n) is 12.0. The molecule has 1 amide bonds. The number of halogens is 2. The summed E-state index contributed by atoms with van der Waals surface area (Å²) in [6.45, 7) is 3.71. The molecule has 0 aliphatic heterocycles. The lowest BCUT2D eigenvalue weighted by Crippen LogP contribution is -2.12. The second-order valence-electron chi connectivity index (χ2n) is 4.60. The van der Waals surface area contributed by atoms with Gasteiger partial charge < -0.3 is 10.1 Å². The van der Waals surface area contributed by atoms with Crippen LogP contribution in [0.2, 0.25) is 10.0 Å². The van der Waals surface area contributed by atoms with Gasteiger partial charge in [-0.15, -0.1) is 6.58 Å². The summed E-state index contributed by atoms with van der Waals surface area (Å²) in [4.78, 5) is 12.3. The molecule has 0 aliphatic carbocycles. The molecular weight excluding hydrogens is 321 g/mol. The summed E-state index contributed by atoms with van der Waals surface area (Å²) in [6.07, 6.45) is 2.38. The molecule has 0 saturated carbocycles. The number of carbonyl (C=O) groups excluding carboxylic acids is 1. The molecular formula is C17H15Cl2NO2. The molecule has 0 atom stereocenters. The van der Waals surface area contributed by atoms with Gasteiger partial charge in [0.05, 0.1) is 17.2 Å². The van der Waals surface area contributed by atoms with E-state index in [2.05, 4.69) is 11.9 Å². The van der Waals surface area contributed by atoms with Crippen molar-refractivity contribution in [3.05, 3.63) is 70.2 Å².